The summed E-state index contributed by atoms with van der Waals surface area (Å²) >= 11 is 11.1. The summed E-state index contributed by atoms with van der Waals surface area (Å²) in [6.45, 7) is 0. The third-order valence-electron chi connectivity index (χ3n) is 1.60. The Morgan fingerprint density at radius 1 is 0.941 bits per heavy atom. The third kappa shape index (κ3) is 4.34. The molecule has 1 aromatic carbocycles. The standard InChI is InChI=1S/C6H6Cl2N2O4S2.Na.H/c7-4-1-3(15(9,11)12)2-5(6(4)8)16(10,13)14;;/h1-2H,(H2,9,11,12)(H2,10,13,14);;. The van der Waals surface area contributed by atoms with Crippen LogP contribution in [-0.2, 0) is 20.0 Å². The van der Waals surface area contributed by atoms with Crippen LogP contribution in [-0.4, -0.2) is 46.4 Å². The van der Waals surface area contributed by atoms with Gasteiger partial charge in [-0.05, 0) is 12.1 Å². The van der Waals surface area contributed by atoms with Crippen LogP contribution < -0.4 is 10.3 Å². The molecule has 0 aliphatic rings. The predicted octanol–water partition coefficient (Wildman–Crippen LogP) is -0.360. The first-order valence-corrected chi connectivity index (χ1v) is 7.43. The van der Waals surface area contributed by atoms with Crippen molar-refractivity contribution in [2.45, 2.75) is 9.79 Å². The summed E-state index contributed by atoms with van der Waals surface area (Å²) in [7, 11) is -8.26. The zero-order valence-corrected chi connectivity index (χ0v) is 10.7. The minimum atomic E-state index is -4.18. The van der Waals surface area contributed by atoms with Crippen LogP contribution in [0.2, 0.25) is 10.0 Å². The molecule has 0 aliphatic carbocycles. The molecule has 0 atom stereocenters. The molecule has 0 saturated heterocycles. The van der Waals surface area contributed by atoms with E-state index in [2.05, 4.69) is 0 Å². The van der Waals surface area contributed by atoms with E-state index in [1.165, 1.54) is 0 Å². The van der Waals surface area contributed by atoms with Crippen molar-refractivity contribution in [3.63, 3.8) is 0 Å². The van der Waals surface area contributed by atoms with Crippen molar-refractivity contribution >= 4 is 72.8 Å². The molecular weight excluding hydrogens is 322 g/mol. The molecule has 1 aromatic rings. The molecule has 6 nitrogen and oxygen atoms in total. The van der Waals surface area contributed by atoms with Crippen LogP contribution in [0.15, 0.2) is 21.9 Å². The van der Waals surface area contributed by atoms with Gasteiger partial charge in [0.2, 0.25) is 20.0 Å². The van der Waals surface area contributed by atoms with Crippen LogP contribution >= 0.6 is 23.2 Å². The number of nitrogens with two attached hydrogens (primary N) is 2. The first-order valence-electron chi connectivity index (χ1n) is 3.58. The van der Waals surface area contributed by atoms with Gasteiger partial charge in [0.15, 0.2) is 0 Å². The van der Waals surface area contributed by atoms with Gasteiger partial charge in [0.25, 0.3) is 0 Å². The molecule has 17 heavy (non-hydrogen) atoms. The van der Waals surface area contributed by atoms with E-state index in [1.807, 2.05) is 0 Å². The Balaban J connectivity index is 0.00000256. The second-order valence-electron chi connectivity index (χ2n) is 2.81. The van der Waals surface area contributed by atoms with E-state index >= 15 is 0 Å². The Morgan fingerprint density at radius 3 is 1.76 bits per heavy atom. The van der Waals surface area contributed by atoms with Gasteiger partial charge in [-0.25, -0.2) is 27.1 Å². The molecule has 0 unspecified atom stereocenters. The molecule has 0 bridgehead atoms. The summed E-state index contributed by atoms with van der Waals surface area (Å²) in [5.41, 5.74) is 0. The van der Waals surface area contributed by atoms with Gasteiger partial charge in [-0.2, -0.15) is 0 Å². The fraction of sp³-hybridized carbons (Fsp3) is 0. The van der Waals surface area contributed by atoms with Crippen LogP contribution in [0.1, 0.15) is 0 Å². The van der Waals surface area contributed by atoms with E-state index in [-0.39, 0.29) is 39.6 Å². The quantitative estimate of drug-likeness (QED) is 0.720. The van der Waals surface area contributed by atoms with Gasteiger partial charge < -0.3 is 0 Å². The normalized spacial score (nSPS) is 12.0. The van der Waals surface area contributed by atoms with Gasteiger partial charge in [-0.3, -0.25) is 0 Å². The van der Waals surface area contributed by atoms with Crippen molar-refractivity contribution in [1.29, 1.82) is 0 Å². The Morgan fingerprint density at radius 2 is 1.41 bits per heavy atom. The number of halogens is 2. The molecule has 1 rings (SSSR count). The summed E-state index contributed by atoms with van der Waals surface area (Å²) in [5.74, 6) is 0. The van der Waals surface area contributed by atoms with Crippen molar-refractivity contribution < 1.29 is 16.8 Å². The molecule has 0 radical (unpaired) electrons. The summed E-state index contributed by atoms with van der Waals surface area (Å²) in [6.07, 6.45) is 0. The number of primary sulfonamides is 2. The van der Waals surface area contributed by atoms with Gasteiger partial charge in [0, 0.05) is 0 Å². The maximum atomic E-state index is 11.1. The van der Waals surface area contributed by atoms with Crippen molar-refractivity contribution in [3.8, 4) is 0 Å². The molecule has 92 valence electrons. The van der Waals surface area contributed by atoms with E-state index < -0.39 is 29.8 Å². The van der Waals surface area contributed by atoms with E-state index in [9.17, 15) is 16.8 Å². The monoisotopic (exact) mass is 328 g/mol. The van der Waals surface area contributed by atoms with Crippen LogP contribution in [0.5, 0.6) is 0 Å². The molecule has 0 heterocycles. The fourth-order valence-corrected chi connectivity index (χ4v) is 2.97. The first-order chi connectivity index (χ1) is 7.03. The van der Waals surface area contributed by atoms with E-state index in [4.69, 9.17) is 33.5 Å². The molecule has 0 spiro atoms. The van der Waals surface area contributed by atoms with Crippen molar-refractivity contribution in [3.05, 3.63) is 22.2 Å². The summed E-state index contributed by atoms with van der Waals surface area (Å²) in [4.78, 5) is -1.07. The number of sulfonamides is 2. The number of hydrogen-bond acceptors (Lipinski definition) is 4. The van der Waals surface area contributed by atoms with E-state index in [0.717, 1.165) is 12.1 Å². The number of rotatable bonds is 2. The van der Waals surface area contributed by atoms with Gasteiger partial charge >= 0.3 is 29.6 Å². The van der Waals surface area contributed by atoms with Gasteiger partial charge in [-0.1, -0.05) is 23.2 Å². The fourth-order valence-electron chi connectivity index (χ4n) is 0.911. The molecule has 0 fully saturated rings. The van der Waals surface area contributed by atoms with Crippen LogP contribution in [0.3, 0.4) is 0 Å². The van der Waals surface area contributed by atoms with Crippen molar-refractivity contribution in [1.82, 2.24) is 0 Å². The molecule has 0 amide bonds. The maximum absolute atomic E-state index is 11.1. The Labute approximate surface area is 131 Å². The third-order valence-corrected chi connectivity index (χ3v) is 4.35. The summed E-state index contributed by atoms with van der Waals surface area (Å²) in [5, 5.41) is 9.04. The van der Waals surface area contributed by atoms with Crippen LogP contribution in [0.4, 0.5) is 0 Å². The average Bonchev–Trinajstić information content (AvgIpc) is 2.05. The topological polar surface area (TPSA) is 120 Å². The molecule has 11 heteroatoms. The van der Waals surface area contributed by atoms with E-state index in [0.29, 0.717) is 0 Å². The second kappa shape index (κ2) is 5.72. The summed E-state index contributed by atoms with van der Waals surface area (Å²) in [6, 6.07) is 1.69. The van der Waals surface area contributed by atoms with Gasteiger partial charge in [0.05, 0.1) is 14.9 Å². The first kappa shape index (κ1) is 17.6. The Hall–Kier alpha value is 0.620. The molecule has 0 saturated carbocycles. The predicted molar refractivity (Wildman–Crippen MR) is 66.4 cm³/mol. The molecular formula is C6H7Cl2N2NaO4S2. The Kier molecular flexibility index (Phi) is 5.93. The van der Waals surface area contributed by atoms with Gasteiger partial charge in [0.1, 0.15) is 4.90 Å². The van der Waals surface area contributed by atoms with E-state index in [1.54, 1.807) is 0 Å². The average molecular weight is 329 g/mol. The molecule has 0 aromatic heterocycles. The SMILES string of the molecule is NS(=O)(=O)c1cc(Cl)c(Cl)c(S(N)(=O)=O)c1.[NaH]. The van der Waals surface area contributed by atoms with Crippen LogP contribution in [0, 0.1) is 0 Å². The van der Waals surface area contributed by atoms with Crippen LogP contribution in [0.25, 0.3) is 0 Å². The zero-order chi connectivity index (χ0) is 12.7. The summed E-state index contributed by atoms with van der Waals surface area (Å²) < 4.78 is 44.2. The van der Waals surface area contributed by atoms with Gasteiger partial charge in [-0.15, -0.1) is 0 Å². The molecule has 4 N–H and O–H groups in total. The number of benzene rings is 1. The van der Waals surface area contributed by atoms with Crippen molar-refractivity contribution in [2.75, 3.05) is 0 Å². The Bertz CT molecular complexity index is 644. The number of hydrogen-bond donors (Lipinski definition) is 2. The van der Waals surface area contributed by atoms with Crippen molar-refractivity contribution in [2.24, 2.45) is 10.3 Å². The second-order valence-corrected chi connectivity index (χ2v) is 6.68. The molecule has 0 aliphatic heterocycles. The zero-order valence-electron chi connectivity index (χ0n) is 7.51. The minimum absolute atomic E-state index is 0.